The van der Waals surface area contributed by atoms with E-state index in [9.17, 15) is 9.59 Å². The average molecular weight is 331 g/mol. The average Bonchev–Trinajstić information content (AvgIpc) is 2.46. The number of rotatable bonds is 8. The summed E-state index contributed by atoms with van der Waals surface area (Å²) >= 11 is 7.29. The van der Waals surface area contributed by atoms with Gasteiger partial charge in [-0.1, -0.05) is 29.8 Å². The Bertz CT molecular complexity index is 485. The van der Waals surface area contributed by atoms with Crippen molar-refractivity contribution >= 4 is 35.2 Å². The Morgan fingerprint density at radius 3 is 2.81 bits per heavy atom. The second-order valence-corrected chi connectivity index (χ2v) is 5.68. The van der Waals surface area contributed by atoms with E-state index in [0.717, 1.165) is 5.56 Å². The van der Waals surface area contributed by atoms with Crippen molar-refractivity contribution in [2.24, 2.45) is 5.73 Å². The lowest BCUT2D eigenvalue weighted by Crippen LogP contribution is -2.35. The van der Waals surface area contributed by atoms with Gasteiger partial charge in [-0.15, -0.1) is 11.8 Å². The molecule has 0 heterocycles. The van der Waals surface area contributed by atoms with Crippen molar-refractivity contribution in [3.63, 3.8) is 0 Å². The number of thioether (sulfide) groups is 1. The minimum atomic E-state index is -0.702. The summed E-state index contributed by atoms with van der Waals surface area (Å²) in [6.07, 6.45) is 0. The van der Waals surface area contributed by atoms with E-state index in [4.69, 9.17) is 22.1 Å². The lowest BCUT2D eigenvalue weighted by Gasteiger charge is -2.10. The van der Waals surface area contributed by atoms with Gasteiger partial charge in [0.2, 0.25) is 5.91 Å². The predicted octanol–water partition coefficient (Wildman–Crippen LogP) is 1.58. The van der Waals surface area contributed by atoms with Crippen LogP contribution in [-0.2, 0) is 20.9 Å². The van der Waals surface area contributed by atoms with E-state index in [-0.39, 0.29) is 11.7 Å². The van der Waals surface area contributed by atoms with E-state index in [1.54, 1.807) is 13.0 Å². The summed E-state index contributed by atoms with van der Waals surface area (Å²) in [5.41, 5.74) is 6.49. The summed E-state index contributed by atoms with van der Waals surface area (Å²) in [5, 5.41) is 3.39. The number of hydrogen-bond donors (Lipinski definition) is 2. The molecule has 0 saturated carbocycles. The number of benzene rings is 1. The third-order valence-electron chi connectivity index (χ3n) is 2.55. The molecule has 0 aliphatic heterocycles. The Labute approximate surface area is 133 Å². The minimum absolute atomic E-state index is 0.129. The van der Waals surface area contributed by atoms with Gasteiger partial charge >= 0.3 is 5.97 Å². The van der Waals surface area contributed by atoms with Crippen LogP contribution in [-0.4, -0.2) is 36.0 Å². The van der Waals surface area contributed by atoms with Crippen LogP contribution in [0.5, 0.6) is 0 Å². The smallest absolute Gasteiger partial charge is 0.323 e. The molecule has 1 atom stereocenters. The van der Waals surface area contributed by atoms with Gasteiger partial charge in [-0.05, 0) is 18.6 Å². The molecule has 1 aromatic carbocycles. The van der Waals surface area contributed by atoms with Gasteiger partial charge in [0, 0.05) is 17.3 Å². The van der Waals surface area contributed by atoms with Crippen LogP contribution < -0.4 is 11.1 Å². The molecule has 1 aromatic rings. The van der Waals surface area contributed by atoms with Crippen molar-refractivity contribution in [1.82, 2.24) is 5.32 Å². The maximum atomic E-state index is 11.7. The molecule has 0 fully saturated rings. The van der Waals surface area contributed by atoms with Crippen molar-refractivity contribution in [3.05, 3.63) is 34.9 Å². The van der Waals surface area contributed by atoms with Gasteiger partial charge in [-0.3, -0.25) is 9.59 Å². The SMILES string of the molecule is CCOC(=O)C(N)CSCC(=O)NCc1ccccc1Cl. The molecule has 116 valence electrons. The van der Waals surface area contributed by atoms with Crippen molar-refractivity contribution in [1.29, 1.82) is 0 Å². The van der Waals surface area contributed by atoms with Crippen LogP contribution in [0.15, 0.2) is 24.3 Å². The maximum Gasteiger partial charge on any atom is 0.323 e. The lowest BCUT2D eigenvalue weighted by molar-refractivity contribution is -0.144. The van der Waals surface area contributed by atoms with Crippen LogP contribution in [0.3, 0.4) is 0 Å². The fraction of sp³-hybridized carbons (Fsp3) is 0.429. The quantitative estimate of drug-likeness (QED) is 0.707. The zero-order valence-corrected chi connectivity index (χ0v) is 13.4. The zero-order chi connectivity index (χ0) is 15.7. The number of nitrogens with one attached hydrogen (secondary N) is 1. The molecule has 0 bridgehead atoms. The molecule has 3 N–H and O–H groups in total. The molecule has 1 unspecified atom stereocenters. The van der Waals surface area contributed by atoms with Crippen molar-refractivity contribution in [2.45, 2.75) is 19.5 Å². The van der Waals surface area contributed by atoms with Gasteiger partial charge in [0.1, 0.15) is 6.04 Å². The first-order valence-electron chi connectivity index (χ1n) is 6.54. The topological polar surface area (TPSA) is 81.4 Å². The minimum Gasteiger partial charge on any atom is -0.465 e. The van der Waals surface area contributed by atoms with E-state index < -0.39 is 12.0 Å². The molecule has 21 heavy (non-hydrogen) atoms. The molecule has 5 nitrogen and oxygen atoms in total. The van der Waals surface area contributed by atoms with Gasteiger partial charge in [-0.25, -0.2) is 0 Å². The van der Waals surface area contributed by atoms with Crippen LogP contribution in [0, 0.1) is 0 Å². The van der Waals surface area contributed by atoms with Gasteiger partial charge < -0.3 is 15.8 Å². The molecule has 0 spiro atoms. The van der Waals surface area contributed by atoms with Crippen LogP contribution in [0.2, 0.25) is 5.02 Å². The van der Waals surface area contributed by atoms with Gasteiger partial charge in [0.25, 0.3) is 0 Å². The molecule has 1 rings (SSSR count). The number of ether oxygens (including phenoxy) is 1. The highest BCUT2D eigenvalue weighted by Gasteiger charge is 2.15. The van der Waals surface area contributed by atoms with Crippen molar-refractivity contribution in [2.75, 3.05) is 18.1 Å². The van der Waals surface area contributed by atoms with E-state index in [1.807, 2.05) is 18.2 Å². The second kappa shape index (κ2) is 9.65. The molecule has 0 radical (unpaired) electrons. The molecular formula is C14H19ClN2O3S. The first-order chi connectivity index (χ1) is 10.0. The van der Waals surface area contributed by atoms with Crippen LogP contribution in [0.25, 0.3) is 0 Å². The standard InChI is InChI=1S/C14H19ClN2O3S/c1-2-20-14(19)12(16)8-21-9-13(18)17-7-10-5-3-4-6-11(10)15/h3-6,12H,2,7-9,16H2,1H3,(H,17,18). The maximum absolute atomic E-state index is 11.7. The summed E-state index contributed by atoms with van der Waals surface area (Å²) in [6, 6.07) is 6.62. The summed E-state index contributed by atoms with van der Waals surface area (Å²) in [6.45, 7) is 2.40. The van der Waals surface area contributed by atoms with Gasteiger partial charge in [-0.2, -0.15) is 0 Å². The summed E-state index contributed by atoms with van der Waals surface area (Å²) < 4.78 is 4.79. The van der Waals surface area contributed by atoms with E-state index >= 15 is 0 Å². The normalized spacial score (nSPS) is 11.8. The van der Waals surface area contributed by atoms with E-state index in [0.29, 0.717) is 23.9 Å². The number of esters is 1. The number of carbonyl (C=O) groups excluding carboxylic acids is 2. The molecular weight excluding hydrogens is 312 g/mol. The van der Waals surface area contributed by atoms with E-state index in [2.05, 4.69) is 5.32 Å². The predicted molar refractivity (Wildman–Crippen MR) is 85.2 cm³/mol. The number of hydrogen-bond acceptors (Lipinski definition) is 5. The molecule has 7 heteroatoms. The number of amides is 1. The van der Waals surface area contributed by atoms with Crippen LogP contribution >= 0.6 is 23.4 Å². The number of halogens is 1. The zero-order valence-electron chi connectivity index (χ0n) is 11.8. The molecule has 1 amide bonds. The summed E-state index contributed by atoms with van der Waals surface area (Å²) in [4.78, 5) is 23.0. The highest BCUT2D eigenvalue weighted by atomic mass is 35.5. The third-order valence-corrected chi connectivity index (χ3v) is 3.98. The summed E-state index contributed by atoms with van der Waals surface area (Å²) in [7, 11) is 0. The first kappa shape index (κ1) is 17.8. The third kappa shape index (κ3) is 6.84. The lowest BCUT2D eigenvalue weighted by atomic mass is 10.2. The molecule has 0 aliphatic rings. The van der Waals surface area contributed by atoms with Crippen molar-refractivity contribution in [3.8, 4) is 0 Å². The summed E-state index contributed by atoms with van der Waals surface area (Å²) in [5.74, 6) is 0.00747. The van der Waals surface area contributed by atoms with E-state index in [1.165, 1.54) is 11.8 Å². The molecule has 0 aromatic heterocycles. The fourth-order valence-corrected chi connectivity index (χ4v) is 2.48. The van der Waals surface area contributed by atoms with Crippen molar-refractivity contribution < 1.29 is 14.3 Å². The van der Waals surface area contributed by atoms with Crippen LogP contribution in [0.1, 0.15) is 12.5 Å². The number of carbonyl (C=O) groups is 2. The number of nitrogens with two attached hydrogens (primary N) is 1. The molecule has 0 saturated heterocycles. The fourth-order valence-electron chi connectivity index (χ4n) is 1.48. The Kier molecular flexibility index (Phi) is 8.19. The molecule has 0 aliphatic carbocycles. The Morgan fingerprint density at radius 1 is 1.43 bits per heavy atom. The first-order valence-corrected chi connectivity index (χ1v) is 8.08. The van der Waals surface area contributed by atoms with Gasteiger partial charge in [0.05, 0.1) is 12.4 Å². The highest BCUT2D eigenvalue weighted by molar-refractivity contribution is 8.00. The highest BCUT2D eigenvalue weighted by Crippen LogP contribution is 2.14. The Morgan fingerprint density at radius 2 is 2.14 bits per heavy atom. The largest absolute Gasteiger partial charge is 0.465 e. The monoisotopic (exact) mass is 330 g/mol. The second-order valence-electron chi connectivity index (χ2n) is 4.24. The Balaban J connectivity index is 2.23. The van der Waals surface area contributed by atoms with Crippen LogP contribution in [0.4, 0.5) is 0 Å². The van der Waals surface area contributed by atoms with Gasteiger partial charge in [0.15, 0.2) is 0 Å². The Hall–Kier alpha value is -1.24.